The van der Waals surface area contributed by atoms with Crippen LogP contribution in [0.5, 0.6) is 5.75 Å². The van der Waals surface area contributed by atoms with E-state index >= 15 is 0 Å². The fourth-order valence-corrected chi connectivity index (χ4v) is 5.70. The molecule has 3 aromatic rings. The molecule has 9 heteroatoms. The molecule has 1 atom stereocenters. The standard InChI is InChI=1S/C31H39N3O5S/c1-22-13-14-23(2)28(19-22)34(40(37,38)27-11-9-8-10-12-27)21-29(35)33(24(3)30(36)32-31(4,5)6)20-25-15-17-26(39-7)18-16-25/h8-19,24H,20-21H2,1-7H3,(H,32,36)/t24-/m0/s1. The zero-order chi connectivity index (χ0) is 29.7. The third kappa shape index (κ3) is 7.63. The van der Waals surface area contributed by atoms with Gasteiger partial charge in [0.15, 0.2) is 0 Å². The quantitative estimate of drug-likeness (QED) is 0.380. The van der Waals surface area contributed by atoms with E-state index in [-0.39, 0.29) is 17.3 Å². The number of sulfonamides is 1. The highest BCUT2D eigenvalue weighted by Gasteiger charge is 2.33. The summed E-state index contributed by atoms with van der Waals surface area (Å²) in [4.78, 5) is 28.8. The number of hydrogen-bond donors (Lipinski definition) is 1. The van der Waals surface area contributed by atoms with Crippen LogP contribution in [0.3, 0.4) is 0 Å². The molecular formula is C31H39N3O5S. The molecule has 0 heterocycles. The summed E-state index contributed by atoms with van der Waals surface area (Å²) >= 11 is 0. The number of aryl methyl sites for hydroxylation is 2. The smallest absolute Gasteiger partial charge is 0.264 e. The van der Waals surface area contributed by atoms with E-state index in [1.54, 1.807) is 57.4 Å². The zero-order valence-corrected chi connectivity index (χ0v) is 25.1. The Hall–Kier alpha value is -3.85. The van der Waals surface area contributed by atoms with Gasteiger partial charge >= 0.3 is 0 Å². The molecule has 0 aliphatic heterocycles. The van der Waals surface area contributed by atoms with Gasteiger partial charge in [0.2, 0.25) is 11.8 Å². The molecule has 1 N–H and O–H groups in total. The van der Waals surface area contributed by atoms with Crippen molar-refractivity contribution in [2.75, 3.05) is 18.0 Å². The number of anilines is 1. The van der Waals surface area contributed by atoms with Crippen LogP contribution >= 0.6 is 0 Å². The van der Waals surface area contributed by atoms with Crippen molar-refractivity contribution in [1.29, 1.82) is 0 Å². The van der Waals surface area contributed by atoms with E-state index in [9.17, 15) is 18.0 Å². The van der Waals surface area contributed by atoms with Gasteiger partial charge in [0, 0.05) is 12.1 Å². The van der Waals surface area contributed by atoms with Gasteiger partial charge in [0.05, 0.1) is 17.7 Å². The van der Waals surface area contributed by atoms with Gasteiger partial charge in [-0.1, -0.05) is 42.5 Å². The molecule has 0 aliphatic carbocycles. The van der Waals surface area contributed by atoms with Gasteiger partial charge < -0.3 is 15.0 Å². The fourth-order valence-electron chi connectivity index (χ4n) is 4.21. The Bertz CT molecular complexity index is 1430. The van der Waals surface area contributed by atoms with Gasteiger partial charge in [-0.3, -0.25) is 13.9 Å². The SMILES string of the molecule is COc1ccc(CN(C(=O)CN(c2cc(C)ccc2C)S(=O)(=O)c2ccccc2)[C@@H](C)C(=O)NC(C)(C)C)cc1. The molecule has 2 amide bonds. The van der Waals surface area contributed by atoms with Crippen LogP contribution in [-0.4, -0.2) is 50.4 Å². The Kier molecular flexibility index (Phi) is 9.63. The molecule has 0 saturated heterocycles. The highest BCUT2D eigenvalue weighted by Crippen LogP contribution is 2.28. The van der Waals surface area contributed by atoms with Gasteiger partial charge in [-0.25, -0.2) is 8.42 Å². The van der Waals surface area contributed by atoms with Crippen LogP contribution < -0.4 is 14.4 Å². The maximum atomic E-state index is 14.1. The molecule has 0 radical (unpaired) electrons. The molecule has 0 bridgehead atoms. The monoisotopic (exact) mass is 565 g/mol. The van der Waals surface area contributed by atoms with E-state index in [0.29, 0.717) is 17.0 Å². The van der Waals surface area contributed by atoms with Crippen molar-refractivity contribution < 1.29 is 22.7 Å². The van der Waals surface area contributed by atoms with Crippen molar-refractivity contribution in [2.24, 2.45) is 0 Å². The number of nitrogens with zero attached hydrogens (tertiary/aromatic N) is 2. The fraction of sp³-hybridized carbons (Fsp3) is 0.355. The maximum absolute atomic E-state index is 14.1. The van der Waals surface area contributed by atoms with Gasteiger partial charge in [0.1, 0.15) is 18.3 Å². The normalized spacial score (nSPS) is 12.4. The summed E-state index contributed by atoms with van der Waals surface area (Å²) in [7, 11) is -2.54. The highest BCUT2D eigenvalue weighted by molar-refractivity contribution is 7.92. The van der Waals surface area contributed by atoms with E-state index in [1.807, 2.05) is 52.0 Å². The molecular weight excluding hydrogens is 526 g/mol. The number of nitrogens with one attached hydrogen (secondary N) is 1. The minimum Gasteiger partial charge on any atom is -0.497 e. The third-order valence-corrected chi connectivity index (χ3v) is 8.19. The molecule has 0 saturated carbocycles. The van der Waals surface area contributed by atoms with E-state index < -0.39 is 34.1 Å². The topological polar surface area (TPSA) is 96.0 Å². The van der Waals surface area contributed by atoms with Crippen molar-refractivity contribution in [3.8, 4) is 5.75 Å². The first-order valence-corrected chi connectivity index (χ1v) is 14.6. The number of amides is 2. The maximum Gasteiger partial charge on any atom is 0.264 e. The van der Waals surface area contributed by atoms with Crippen molar-refractivity contribution in [3.63, 3.8) is 0 Å². The lowest BCUT2D eigenvalue weighted by atomic mass is 10.1. The van der Waals surface area contributed by atoms with Crippen molar-refractivity contribution >= 4 is 27.5 Å². The van der Waals surface area contributed by atoms with Crippen LogP contribution in [0, 0.1) is 13.8 Å². The molecule has 214 valence electrons. The van der Waals surface area contributed by atoms with E-state index in [1.165, 1.54) is 17.0 Å². The number of hydrogen-bond acceptors (Lipinski definition) is 5. The summed E-state index contributed by atoms with van der Waals surface area (Å²) < 4.78 is 34.3. The predicted molar refractivity (Wildman–Crippen MR) is 158 cm³/mol. The summed E-state index contributed by atoms with van der Waals surface area (Å²) in [6, 6.07) is 19.8. The first-order valence-electron chi connectivity index (χ1n) is 13.1. The summed E-state index contributed by atoms with van der Waals surface area (Å²) in [5.41, 5.74) is 2.23. The van der Waals surface area contributed by atoms with Gasteiger partial charge in [-0.2, -0.15) is 0 Å². The second-order valence-corrected chi connectivity index (χ2v) is 12.8. The second-order valence-electron chi connectivity index (χ2n) is 10.9. The summed E-state index contributed by atoms with van der Waals surface area (Å²) in [5.74, 6) is -0.179. The van der Waals surface area contributed by atoms with Crippen molar-refractivity contribution in [3.05, 3.63) is 89.5 Å². The molecule has 3 rings (SSSR count). The number of rotatable bonds is 10. The van der Waals surface area contributed by atoms with Gasteiger partial charge in [0.25, 0.3) is 10.0 Å². The largest absolute Gasteiger partial charge is 0.497 e. The number of benzene rings is 3. The van der Waals surface area contributed by atoms with Crippen LogP contribution in [-0.2, 0) is 26.2 Å². The van der Waals surface area contributed by atoms with Crippen LogP contribution in [0.1, 0.15) is 44.4 Å². The van der Waals surface area contributed by atoms with E-state index in [0.717, 1.165) is 15.4 Å². The highest BCUT2D eigenvalue weighted by atomic mass is 32.2. The summed E-state index contributed by atoms with van der Waals surface area (Å²) in [6.07, 6.45) is 0. The molecule has 0 aliphatic rings. The van der Waals surface area contributed by atoms with Crippen LogP contribution in [0.4, 0.5) is 5.69 Å². The summed E-state index contributed by atoms with van der Waals surface area (Å²) in [6.45, 7) is 10.5. The second kappa shape index (κ2) is 12.6. The number of methoxy groups -OCH3 is 1. The van der Waals surface area contributed by atoms with Gasteiger partial charge in [-0.15, -0.1) is 0 Å². The van der Waals surface area contributed by atoms with E-state index in [4.69, 9.17) is 4.74 Å². The van der Waals surface area contributed by atoms with Crippen LogP contribution in [0.2, 0.25) is 0 Å². The van der Waals surface area contributed by atoms with Crippen molar-refractivity contribution in [1.82, 2.24) is 10.2 Å². The molecule has 0 fully saturated rings. The molecule has 8 nitrogen and oxygen atoms in total. The third-order valence-electron chi connectivity index (χ3n) is 6.42. The molecule has 0 spiro atoms. The first-order chi connectivity index (χ1) is 18.7. The Morgan fingerprint density at radius 3 is 2.15 bits per heavy atom. The molecule has 3 aromatic carbocycles. The Morgan fingerprint density at radius 1 is 0.950 bits per heavy atom. The predicted octanol–water partition coefficient (Wildman–Crippen LogP) is 4.84. The Morgan fingerprint density at radius 2 is 1.57 bits per heavy atom. The lowest BCUT2D eigenvalue weighted by Crippen LogP contribution is -2.54. The summed E-state index contributed by atoms with van der Waals surface area (Å²) in [5, 5.41) is 2.93. The van der Waals surface area contributed by atoms with Gasteiger partial charge in [-0.05, 0) is 88.6 Å². The van der Waals surface area contributed by atoms with Crippen LogP contribution in [0.15, 0.2) is 77.7 Å². The number of carbonyl (C=O) groups is 2. The zero-order valence-electron chi connectivity index (χ0n) is 24.3. The average molecular weight is 566 g/mol. The number of ether oxygens (including phenoxy) is 1. The Balaban J connectivity index is 2.06. The minimum absolute atomic E-state index is 0.0731. The first kappa shape index (κ1) is 30.7. The Labute approximate surface area is 238 Å². The molecule has 0 unspecified atom stereocenters. The minimum atomic E-state index is -4.11. The average Bonchev–Trinajstić information content (AvgIpc) is 2.91. The number of carbonyl (C=O) groups excluding carboxylic acids is 2. The van der Waals surface area contributed by atoms with Crippen LogP contribution in [0.25, 0.3) is 0 Å². The molecule has 0 aromatic heterocycles. The lowest BCUT2D eigenvalue weighted by molar-refractivity contribution is -0.140. The molecule has 40 heavy (non-hydrogen) atoms. The van der Waals surface area contributed by atoms with E-state index in [2.05, 4.69) is 5.32 Å². The lowest BCUT2D eigenvalue weighted by Gasteiger charge is -2.34. The van der Waals surface area contributed by atoms with Crippen molar-refractivity contribution in [2.45, 2.75) is 64.6 Å².